The van der Waals surface area contributed by atoms with Crippen molar-refractivity contribution in [1.29, 1.82) is 0 Å². The van der Waals surface area contributed by atoms with Crippen LogP contribution in [-0.2, 0) is 18.7 Å². The normalized spacial score (nSPS) is 30.2. The Labute approximate surface area is 134 Å². The number of nitrogens with one attached hydrogen (secondary N) is 1. The van der Waals surface area contributed by atoms with Gasteiger partial charge in [-0.1, -0.05) is 20.8 Å². The summed E-state index contributed by atoms with van der Waals surface area (Å²) < 4.78 is 17.2. The molecule has 0 bridgehead atoms. The fourth-order valence-electron chi connectivity index (χ4n) is 2.15. The zero-order chi connectivity index (χ0) is 17.1. The average Bonchev–Trinajstić information content (AvgIpc) is 2.35. The van der Waals surface area contributed by atoms with Gasteiger partial charge in [0, 0.05) is 20.5 Å². The second-order valence-electron chi connectivity index (χ2n) is 7.46. The van der Waals surface area contributed by atoms with Crippen LogP contribution in [0.3, 0.4) is 0 Å². The summed E-state index contributed by atoms with van der Waals surface area (Å²) in [6.07, 6.45) is -1.30. The van der Waals surface area contributed by atoms with Gasteiger partial charge in [-0.2, -0.15) is 0 Å². The molecule has 1 amide bonds. The van der Waals surface area contributed by atoms with Gasteiger partial charge in [-0.05, 0) is 18.1 Å². The maximum absolute atomic E-state index is 11.2. The lowest BCUT2D eigenvalue weighted by molar-refractivity contribution is -0.231. The number of amides is 1. The third-order valence-corrected chi connectivity index (χ3v) is 9.10. The van der Waals surface area contributed by atoms with Gasteiger partial charge in [0.15, 0.2) is 14.6 Å². The first-order chi connectivity index (χ1) is 9.98. The number of hydrogen-bond donors (Lipinski definition) is 2. The predicted octanol–water partition coefficient (Wildman–Crippen LogP) is 1.64. The number of aliphatic hydroxyl groups is 1. The molecule has 1 saturated heterocycles. The lowest BCUT2D eigenvalue weighted by Gasteiger charge is -2.41. The molecule has 1 heterocycles. The maximum Gasteiger partial charge on any atom is 0.217 e. The maximum atomic E-state index is 11.2. The summed E-state index contributed by atoms with van der Waals surface area (Å²) in [6, 6.07) is -0.346. The van der Waals surface area contributed by atoms with Gasteiger partial charge in [-0.3, -0.25) is 4.79 Å². The Morgan fingerprint density at radius 3 is 2.45 bits per heavy atom. The zero-order valence-electron chi connectivity index (χ0n) is 14.8. The number of carbonyl (C=O) groups is 1. The highest BCUT2D eigenvalue weighted by molar-refractivity contribution is 6.74. The van der Waals surface area contributed by atoms with Crippen LogP contribution in [-0.4, -0.2) is 57.6 Å². The van der Waals surface area contributed by atoms with Crippen LogP contribution in [0, 0.1) is 0 Å². The van der Waals surface area contributed by atoms with Crippen molar-refractivity contribution in [2.75, 3.05) is 13.7 Å². The first kappa shape index (κ1) is 19.6. The fourth-order valence-corrected chi connectivity index (χ4v) is 3.16. The summed E-state index contributed by atoms with van der Waals surface area (Å²) >= 11 is 0. The van der Waals surface area contributed by atoms with Crippen LogP contribution in [0.2, 0.25) is 18.1 Å². The molecule has 0 saturated carbocycles. The van der Waals surface area contributed by atoms with E-state index < -0.39 is 26.8 Å². The molecule has 0 aromatic heterocycles. The Morgan fingerprint density at radius 1 is 1.41 bits per heavy atom. The van der Waals surface area contributed by atoms with Gasteiger partial charge in [-0.25, -0.2) is 0 Å². The van der Waals surface area contributed by atoms with Crippen LogP contribution in [0.5, 0.6) is 0 Å². The summed E-state index contributed by atoms with van der Waals surface area (Å²) in [4.78, 5) is 11.2. The van der Waals surface area contributed by atoms with Crippen molar-refractivity contribution in [2.45, 2.75) is 76.8 Å². The number of rotatable bonds is 5. The highest BCUT2D eigenvalue weighted by atomic mass is 28.4. The Balaban J connectivity index is 2.65. The standard InChI is InChI=1S/C15H31NO5Si/c1-10(17)16-11-8-12(18)13(21-14(11)19-5)9-20-22(6,7)15(2,3)4/h11-14,18H,8-9H2,1-7H3,(H,16,17)/t11-,12+,13-,14+/m1/s1. The van der Waals surface area contributed by atoms with Gasteiger partial charge in [0.25, 0.3) is 0 Å². The van der Waals surface area contributed by atoms with Crippen molar-refractivity contribution in [3.8, 4) is 0 Å². The van der Waals surface area contributed by atoms with Gasteiger partial charge in [0.05, 0.1) is 18.8 Å². The van der Waals surface area contributed by atoms with Gasteiger partial charge >= 0.3 is 0 Å². The molecule has 0 radical (unpaired) electrons. The summed E-state index contributed by atoms with van der Waals surface area (Å²) in [5.41, 5.74) is 0. The van der Waals surface area contributed by atoms with Crippen LogP contribution in [0.15, 0.2) is 0 Å². The minimum Gasteiger partial charge on any atom is -0.414 e. The third kappa shape index (κ3) is 5.02. The second-order valence-corrected chi connectivity index (χ2v) is 12.3. The zero-order valence-corrected chi connectivity index (χ0v) is 15.8. The molecule has 1 aliphatic rings. The first-order valence-electron chi connectivity index (χ1n) is 7.75. The molecule has 1 fully saturated rings. The van der Waals surface area contributed by atoms with E-state index in [4.69, 9.17) is 13.9 Å². The van der Waals surface area contributed by atoms with Crippen molar-refractivity contribution >= 4 is 14.2 Å². The minimum absolute atomic E-state index is 0.103. The van der Waals surface area contributed by atoms with Crippen molar-refractivity contribution < 1.29 is 23.8 Å². The molecule has 0 aromatic carbocycles. The molecule has 4 atom stereocenters. The van der Waals surface area contributed by atoms with Crippen LogP contribution in [0.25, 0.3) is 0 Å². The molecule has 0 aliphatic carbocycles. The number of methoxy groups -OCH3 is 1. The molecule has 2 N–H and O–H groups in total. The first-order valence-corrected chi connectivity index (χ1v) is 10.7. The lowest BCUT2D eigenvalue weighted by atomic mass is 10.0. The summed E-state index contributed by atoms with van der Waals surface area (Å²) in [5, 5.41) is 13.1. The highest BCUT2D eigenvalue weighted by Gasteiger charge is 2.41. The SMILES string of the molecule is CO[C@H]1O[C@H](CO[Si](C)(C)C(C)(C)C)[C@@H](O)C[C@H]1NC(C)=O. The fraction of sp³-hybridized carbons (Fsp3) is 0.933. The molecule has 0 spiro atoms. The molecule has 1 aliphatic heterocycles. The van der Waals surface area contributed by atoms with E-state index in [0.717, 1.165) is 0 Å². The Kier molecular flexibility index (Phi) is 6.58. The largest absolute Gasteiger partial charge is 0.414 e. The van der Waals surface area contributed by atoms with Crippen LogP contribution in [0.4, 0.5) is 0 Å². The van der Waals surface area contributed by atoms with Gasteiger partial charge in [-0.15, -0.1) is 0 Å². The molecule has 0 unspecified atom stereocenters. The Bertz CT molecular complexity index is 383. The molecule has 1 rings (SSSR count). The van der Waals surface area contributed by atoms with E-state index >= 15 is 0 Å². The van der Waals surface area contributed by atoms with E-state index in [1.54, 1.807) is 0 Å². The van der Waals surface area contributed by atoms with Gasteiger partial charge in [0.2, 0.25) is 5.91 Å². The average molecular weight is 334 g/mol. The third-order valence-electron chi connectivity index (χ3n) is 4.60. The topological polar surface area (TPSA) is 77.0 Å². The molecule has 7 heteroatoms. The molecule has 22 heavy (non-hydrogen) atoms. The molecule has 6 nitrogen and oxygen atoms in total. The second kappa shape index (κ2) is 7.40. The number of carbonyl (C=O) groups excluding carboxylic acids is 1. The summed E-state index contributed by atoms with van der Waals surface area (Å²) in [7, 11) is -0.365. The van der Waals surface area contributed by atoms with Gasteiger partial charge < -0.3 is 24.3 Å². The molecule has 0 aromatic rings. The van der Waals surface area contributed by atoms with Crippen LogP contribution in [0.1, 0.15) is 34.1 Å². The van der Waals surface area contributed by atoms with Crippen molar-refractivity contribution in [1.82, 2.24) is 5.32 Å². The highest BCUT2D eigenvalue weighted by Crippen LogP contribution is 2.37. The van der Waals surface area contributed by atoms with Crippen LogP contribution < -0.4 is 5.32 Å². The van der Waals surface area contributed by atoms with E-state index in [1.165, 1.54) is 14.0 Å². The van der Waals surface area contributed by atoms with Crippen molar-refractivity contribution in [2.24, 2.45) is 0 Å². The van der Waals surface area contributed by atoms with E-state index in [1.807, 2.05) is 0 Å². The smallest absolute Gasteiger partial charge is 0.217 e. The van der Waals surface area contributed by atoms with Crippen molar-refractivity contribution in [3.63, 3.8) is 0 Å². The van der Waals surface area contributed by atoms with E-state index in [2.05, 4.69) is 39.2 Å². The summed E-state index contributed by atoms with van der Waals surface area (Å²) in [5.74, 6) is -0.168. The number of ether oxygens (including phenoxy) is 2. The van der Waals surface area contributed by atoms with E-state index in [0.29, 0.717) is 13.0 Å². The minimum atomic E-state index is -1.90. The van der Waals surface area contributed by atoms with Gasteiger partial charge in [0.1, 0.15) is 6.10 Å². The van der Waals surface area contributed by atoms with Crippen molar-refractivity contribution in [3.05, 3.63) is 0 Å². The molecule has 130 valence electrons. The predicted molar refractivity (Wildman–Crippen MR) is 87.0 cm³/mol. The molecular formula is C15H31NO5Si. The lowest BCUT2D eigenvalue weighted by Crippen LogP contribution is -2.56. The Hall–Kier alpha value is -0.473. The number of hydrogen-bond acceptors (Lipinski definition) is 5. The quantitative estimate of drug-likeness (QED) is 0.748. The van der Waals surface area contributed by atoms with E-state index in [-0.39, 0.29) is 17.0 Å². The molecular weight excluding hydrogens is 302 g/mol. The van der Waals surface area contributed by atoms with Crippen LogP contribution >= 0.6 is 0 Å². The summed E-state index contributed by atoms with van der Waals surface area (Å²) in [6.45, 7) is 12.6. The monoisotopic (exact) mass is 333 g/mol. The van der Waals surface area contributed by atoms with E-state index in [9.17, 15) is 9.90 Å². The Morgan fingerprint density at radius 2 is 2.00 bits per heavy atom. The number of aliphatic hydroxyl groups excluding tert-OH is 1.